The molecule has 0 radical (unpaired) electrons. The van der Waals surface area contributed by atoms with Crippen molar-refractivity contribution in [1.29, 1.82) is 0 Å². The van der Waals surface area contributed by atoms with E-state index < -0.39 is 185 Å². The Morgan fingerprint density at radius 3 is 1.24 bits per heavy atom. The molecule has 8 aliphatic rings. The fourth-order valence-electron chi connectivity index (χ4n) is 14.8. The monoisotopic (exact) mass is 1360 g/mol. The SMILES string of the molecule is C[C@@H]1O[C@@H](O[C@@H]2[C@@H](C)CCC[C@H]2O[C@@H]2O[C@H](CO)[C@H](O)[C@H](OCCC3CCCCC3)[C@H]2OC(=O)Cn2cc(COCc3cn(CC(=O)O[C@H]4[C@H](O[C@@H]5CCC[C@H](C)[C@H]5O[C@@H]5O[C@@H](C)[C@@H](O)[C@@H](O)[C@@H]5O)O[C@H](CO)[C@H](O)[C@@H]4OCCC4CCCCC4)nn3)nn2)[C@@H](O)[C@H](O)[C@@H]1O. The molecule has 26 atom stereocenters. The molecular weight excluding hydrogens is 1250 g/mol. The van der Waals surface area contributed by atoms with Crippen LogP contribution in [0, 0.1) is 23.7 Å². The van der Waals surface area contributed by atoms with Crippen molar-refractivity contribution in [1.82, 2.24) is 30.0 Å². The second kappa shape index (κ2) is 35.1. The molecular formula is C64H104N6O25. The van der Waals surface area contributed by atoms with Crippen LogP contribution in [0.4, 0.5) is 0 Å². The molecule has 4 saturated carbocycles. The van der Waals surface area contributed by atoms with Gasteiger partial charge in [-0.2, -0.15) is 0 Å². The number of aliphatic hydroxyl groups excluding tert-OH is 10. The van der Waals surface area contributed by atoms with Crippen LogP contribution in [0.2, 0.25) is 0 Å². The lowest BCUT2D eigenvalue weighted by Gasteiger charge is -2.47. The number of carbonyl (C=O) groups excluding carboxylic acids is 2. The molecule has 0 unspecified atom stereocenters. The highest BCUT2D eigenvalue weighted by Gasteiger charge is 2.54. The van der Waals surface area contributed by atoms with Crippen molar-refractivity contribution in [3.05, 3.63) is 23.8 Å². The van der Waals surface area contributed by atoms with Gasteiger partial charge in [0.2, 0.25) is 0 Å². The molecule has 0 aromatic carbocycles. The quantitative estimate of drug-likeness (QED) is 0.0506. The van der Waals surface area contributed by atoms with Crippen LogP contribution in [-0.4, -0.2) is 267 Å². The Morgan fingerprint density at radius 2 is 0.853 bits per heavy atom. The minimum absolute atomic E-state index is 0.0983. The Bertz CT molecular complexity index is 2470. The van der Waals surface area contributed by atoms with Gasteiger partial charge in [-0.1, -0.05) is 101 Å². The van der Waals surface area contributed by atoms with E-state index in [1.165, 1.54) is 34.6 Å². The molecule has 31 heteroatoms. The summed E-state index contributed by atoms with van der Waals surface area (Å²) in [6.07, 6.45) is -10.3. The maximum absolute atomic E-state index is 14.0. The Balaban J connectivity index is 0.764. The van der Waals surface area contributed by atoms with Gasteiger partial charge in [0.25, 0.3) is 0 Å². The highest BCUT2D eigenvalue weighted by atomic mass is 16.8. The molecule has 4 aliphatic heterocycles. The topological polar surface area (TPSA) is 418 Å². The van der Waals surface area contributed by atoms with Gasteiger partial charge in [-0.15, -0.1) is 10.2 Å². The van der Waals surface area contributed by atoms with Crippen molar-refractivity contribution < 1.29 is 122 Å². The first kappa shape index (κ1) is 74.1. The Morgan fingerprint density at radius 1 is 0.453 bits per heavy atom. The standard InChI is InChI=1S/C64H104N6O25/c1-33-13-11-19-41(55(33)94-61-53(81)51(79)47(75)35(3)86-61)88-63-59(57(49(77)43(29-71)90-63)84-23-21-37-15-7-5-8-16-37)92-45(73)27-69-25-39(65-67-69)31-83-32-40-26-70(68-66-40)28-46(74)93-60-58(85-24-22-38-17-9-6-10-18-38)50(78)44(30-72)91-64(60)89-42-20-12-14-34(2)56(42)95-62-54(82)52(80)48(76)36(4)87-62/h25-26,33-38,41-44,47-64,71-72,75-82H,5-24,27-32H2,1-4H3/t33-,34-,35-,36-,41+,42+,43+,44+,47+,48+,49-,50-,51+,52+,53-,54-,55+,56+,57-,58-,59+,60+,61-,62-,63+,64+/m0/s1. The zero-order chi connectivity index (χ0) is 67.4. The van der Waals surface area contributed by atoms with Crippen LogP contribution >= 0.6 is 0 Å². The average Bonchev–Trinajstić information content (AvgIpc) is 1.40. The van der Waals surface area contributed by atoms with Crippen LogP contribution < -0.4 is 0 Å². The number of carbonyl (C=O) groups is 2. The third-order valence-corrected chi connectivity index (χ3v) is 20.5. The zero-order valence-corrected chi connectivity index (χ0v) is 55.0. The third kappa shape index (κ3) is 19.1. The first-order chi connectivity index (χ1) is 45.8. The van der Waals surface area contributed by atoms with E-state index in [1.54, 1.807) is 13.8 Å². The lowest BCUT2D eigenvalue weighted by molar-refractivity contribution is -0.347. The minimum atomic E-state index is -1.57. The number of nitrogens with zero attached hydrogens (tertiary/aromatic N) is 6. The lowest BCUT2D eigenvalue weighted by Crippen LogP contribution is -2.63. The van der Waals surface area contributed by atoms with Crippen LogP contribution in [0.25, 0.3) is 0 Å². The van der Waals surface area contributed by atoms with E-state index in [2.05, 4.69) is 20.6 Å². The second-order valence-electron chi connectivity index (χ2n) is 27.6. The highest BCUT2D eigenvalue weighted by molar-refractivity contribution is 5.69. The van der Waals surface area contributed by atoms with Gasteiger partial charge in [-0.25, -0.2) is 9.36 Å². The summed E-state index contributed by atoms with van der Waals surface area (Å²) in [5.74, 6) is -1.10. The zero-order valence-electron chi connectivity index (χ0n) is 55.0. The second-order valence-corrected chi connectivity index (χ2v) is 27.6. The molecule has 95 heavy (non-hydrogen) atoms. The first-order valence-electron chi connectivity index (χ1n) is 34.6. The van der Waals surface area contributed by atoms with Crippen molar-refractivity contribution >= 4 is 11.9 Å². The van der Waals surface area contributed by atoms with E-state index in [4.69, 9.17) is 61.6 Å². The van der Waals surface area contributed by atoms with Crippen LogP contribution in [-0.2, 0) is 97.5 Å². The van der Waals surface area contributed by atoms with E-state index in [-0.39, 0.29) is 38.3 Å². The van der Waals surface area contributed by atoms with Crippen molar-refractivity contribution in [3.63, 3.8) is 0 Å². The molecule has 10 rings (SSSR count). The Kier molecular flexibility index (Phi) is 27.4. The predicted molar refractivity (Wildman–Crippen MR) is 324 cm³/mol. The van der Waals surface area contributed by atoms with Gasteiger partial charge in [-0.05, 0) is 76.0 Å². The lowest BCUT2D eigenvalue weighted by atomic mass is 9.85. The van der Waals surface area contributed by atoms with Gasteiger partial charge in [0.05, 0.1) is 75.4 Å². The average molecular weight is 1360 g/mol. The summed E-state index contributed by atoms with van der Waals surface area (Å²) in [4.78, 5) is 28.1. The van der Waals surface area contributed by atoms with Gasteiger partial charge in [0, 0.05) is 13.2 Å². The van der Waals surface area contributed by atoms with Gasteiger partial charge < -0.3 is 113 Å². The predicted octanol–water partition coefficient (Wildman–Crippen LogP) is 0.113. The summed E-state index contributed by atoms with van der Waals surface area (Å²) in [6.45, 7) is 5.12. The van der Waals surface area contributed by atoms with Crippen molar-refractivity contribution in [3.8, 4) is 0 Å². The fourth-order valence-corrected chi connectivity index (χ4v) is 14.8. The molecule has 31 nitrogen and oxygen atoms in total. The van der Waals surface area contributed by atoms with Crippen LogP contribution in [0.1, 0.15) is 155 Å². The van der Waals surface area contributed by atoms with Crippen molar-refractivity contribution in [2.75, 3.05) is 26.4 Å². The Labute approximate surface area is 553 Å². The van der Waals surface area contributed by atoms with Gasteiger partial charge >= 0.3 is 11.9 Å². The highest BCUT2D eigenvalue weighted by Crippen LogP contribution is 2.40. The van der Waals surface area contributed by atoms with E-state index in [0.717, 1.165) is 64.2 Å². The van der Waals surface area contributed by atoms with Crippen LogP contribution in [0.15, 0.2) is 12.4 Å². The third-order valence-electron chi connectivity index (χ3n) is 20.5. The smallest absolute Gasteiger partial charge is 0.328 e. The van der Waals surface area contributed by atoms with E-state index in [1.807, 2.05) is 13.8 Å². The molecule has 4 aliphatic carbocycles. The molecule has 4 saturated heterocycles. The number of aromatic nitrogens is 6. The van der Waals surface area contributed by atoms with E-state index in [0.29, 0.717) is 61.7 Å². The van der Waals surface area contributed by atoms with Crippen LogP contribution in [0.5, 0.6) is 0 Å². The van der Waals surface area contributed by atoms with E-state index in [9.17, 15) is 60.7 Å². The maximum atomic E-state index is 14.0. The number of hydrogen-bond donors (Lipinski definition) is 10. The Hall–Kier alpha value is -3.62. The largest absolute Gasteiger partial charge is 0.453 e. The summed E-state index contributed by atoms with van der Waals surface area (Å²) in [5, 5.41) is 125. The number of ether oxygens (including phenoxy) is 13. The normalized spacial score (nSPS) is 40.2. The van der Waals surface area contributed by atoms with E-state index >= 15 is 0 Å². The molecule has 8 fully saturated rings. The number of hydrogen-bond acceptors (Lipinski definition) is 29. The van der Waals surface area contributed by atoms with Gasteiger partial charge in [0.1, 0.15) is 97.7 Å². The maximum Gasteiger partial charge on any atom is 0.328 e. The summed E-state index contributed by atoms with van der Waals surface area (Å²) < 4.78 is 83.5. The minimum Gasteiger partial charge on any atom is -0.453 e. The molecule has 6 heterocycles. The number of rotatable bonds is 28. The fraction of sp³-hybridized carbons (Fsp3) is 0.906. The summed E-state index contributed by atoms with van der Waals surface area (Å²) in [6, 6.07) is 0. The summed E-state index contributed by atoms with van der Waals surface area (Å²) >= 11 is 0. The molecule has 0 bridgehead atoms. The first-order valence-corrected chi connectivity index (χ1v) is 34.6. The molecule has 10 N–H and O–H groups in total. The molecule has 0 spiro atoms. The van der Waals surface area contributed by atoms with Crippen molar-refractivity contribution in [2.24, 2.45) is 23.7 Å². The molecule has 0 amide bonds. The van der Waals surface area contributed by atoms with Crippen LogP contribution in [0.3, 0.4) is 0 Å². The summed E-state index contributed by atoms with van der Waals surface area (Å²) in [5.41, 5.74) is 0.645. The molecule has 540 valence electrons. The number of aliphatic hydroxyl groups is 10. The van der Waals surface area contributed by atoms with Gasteiger partial charge in [-0.3, -0.25) is 9.59 Å². The van der Waals surface area contributed by atoms with Crippen molar-refractivity contribution in [2.45, 2.75) is 317 Å². The molecule has 2 aromatic rings. The van der Waals surface area contributed by atoms with Gasteiger partial charge in [0.15, 0.2) is 37.4 Å². The molecule has 2 aromatic heterocycles. The summed E-state index contributed by atoms with van der Waals surface area (Å²) in [7, 11) is 0. The number of esters is 2.